The van der Waals surface area contributed by atoms with Gasteiger partial charge in [0.25, 0.3) is 0 Å². The van der Waals surface area contributed by atoms with Crippen molar-refractivity contribution < 1.29 is 9.47 Å². The molecule has 0 amide bonds. The van der Waals surface area contributed by atoms with Gasteiger partial charge in [0.05, 0.1) is 26.7 Å². The van der Waals surface area contributed by atoms with Crippen molar-refractivity contribution in [2.24, 2.45) is 0 Å². The van der Waals surface area contributed by atoms with Crippen molar-refractivity contribution in [3.8, 4) is 11.1 Å². The lowest BCUT2D eigenvalue weighted by Gasteiger charge is -2.17. The van der Waals surface area contributed by atoms with E-state index in [2.05, 4.69) is 86.3 Å². The molecule has 0 spiro atoms. The maximum absolute atomic E-state index is 5.98. The molecule has 0 aliphatic rings. The Morgan fingerprint density at radius 1 is 0.429 bits per heavy atom. The maximum Gasteiger partial charge on any atom is 0.0992 e. The molecule has 0 radical (unpaired) electrons. The lowest BCUT2D eigenvalue weighted by Crippen LogP contribution is -2.22. The van der Waals surface area contributed by atoms with Crippen LogP contribution in [0.1, 0.15) is 128 Å². The summed E-state index contributed by atoms with van der Waals surface area (Å²) >= 11 is 0. The highest BCUT2D eigenvalue weighted by atomic mass is 16.5. The van der Waals surface area contributed by atoms with E-state index in [-0.39, 0.29) is 0 Å². The van der Waals surface area contributed by atoms with Crippen LogP contribution in [0.3, 0.4) is 0 Å². The van der Waals surface area contributed by atoms with E-state index in [1.807, 2.05) is 0 Å². The minimum Gasteiger partial charge on any atom is -0.361 e. The Bertz CT molecular complexity index is 794. The Hall–Kier alpha value is -1.72. The molecule has 0 saturated carbocycles. The summed E-state index contributed by atoms with van der Waals surface area (Å²) in [6.07, 6.45) is 21.8. The second-order valence-corrected chi connectivity index (χ2v) is 12.5. The molecule has 0 heterocycles. The number of rotatable bonds is 27. The highest BCUT2D eigenvalue weighted by molar-refractivity contribution is 5.63. The molecule has 2 aromatic rings. The molecule has 2 rings (SSSR count). The van der Waals surface area contributed by atoms with Crippen LogP contribution in [-0.2, 0) is 22.7 Å². The molecule has 0 unspecified atom stereocenters. The van der Waals surface area contributed by atoms with Crippen molar-refractivity contribution in [1.29, 1.82) is 0 Å². The lowest BCUT2D eigenvalue weighted by molar-refractivity contribution is 0.0316. The van der Waals surface area contributed by atoms with Gasteiger partial charge in [-0.25, -0.2) is 0 Å². The van der Waals surface area contributed by atoms with Gasteiger partial charge >= 0.3 is 0 Å². The molecule has 0 aromatic heterocycles. The third kappa shape index (κ3) is 18.1. The number of nitrogens with zero attached hydrogens (tertiary/aromatic N) is 2. The average molecular weight is 581 g/mol. The zero-order chi connectivity index (χ0) is 30.1. The summed E-state index contributed by atoms with van der Waals surface area (Å²) in [4.78, 5) is 4.60. The molecule has 0 aliphatic carbocycles. The predicted molar refractivity (Wildman–Crippen MR) is 182 cm³/mol. The van der Waals surface area contributed by atoms with Crippen LogP contribution in [0, 0.1) is 0 Å². The number of benzene rings is 2. The first-order chi connectivity index (χ1) is 20.6. The van der Waals surface area contributed by atoms with E-state index in [9.17, 15) is 0 Å². The third-order valence-electron chi connectivity index (χ3n) is 8.19. The van der Waals surface area contributed by atoms with Gasteiger partial charge in [0.1, 0.15) is 0 Å². The van der Waals surface area contributed by atoms with Crippen LogP contribution in [-0.4, -0.2) is 50.4 Å². The molecule has 0 fully saturated rings. The van der Waals surface area contributed by atoms with E-state index < -0.39 is 0 Å². The molecule has 0 aliphatic heterocycles. The average Bonchev–Trinajstić information content (AvgIpc) is 3.00. The fraction of sp³-hybridized carbons (Fsp3) is 0.684. The van der Waals surface area contributed by atoms with Gasteiger partial charge in [-0.3, -0.25) is 9.80 Å². The van der Waals surface area contributed by atoms with Crippen LogP contribution in [0.25, 0.3) is 11.1 Å². The quantitative estimate of drug-likeness (QED) is 0.0775. The molecule has 238 valence electrons. The molecule has 0 atom stereocenters. The summed E-state index contributed by atoms with van der Waals surface area (Å²) < 4.78 is 12.0. The fourth-order valence-corrected chi connectivity index (χ4v) is 5.39. The topological polar surface area (TPSA) is 24.9 Å². The van der Waals surface area contributed by atoms with E-state index in [0.717, 1.165) is 13.1 Å². The fourth-order valence-electron chi connectivity index (χ4n) is 5.39. The van der Waals surface area contributed by atoms with E-state index in [1.165, 1.54) is 125 Å². The molecule has 0 bridgehead atoms. The summed E-state index contributed by atoms with van der Waals surface area (Å²) in [5, 5.41) is 0. The van der Waals surface area contributed by atoms with Crippen LogP contribution in [0.2, 0.25) is 0 Å². The number of ether oxygens (including phenoxy) is 2. The van der Waals surface area contributed by atoms with E-state index >= 15 is 0 Å². The Morgan fingerprint density at radius 2 is 0.738 bits per heavy atom. The standard InChI is InChI=1S/C38H64N2O2/c1-5-7-9-11-13-15-17-19-29-39(3)33-41-31-35-21-25-37(26-22-35)38-27-23-36(24-28-38)32-42-34-40(4)30-20-18-16-14-12-10-8-6-2/h21-28H,5-20,29-34H2,1-4H3. The Labute approximate surface area is 260 Å². The lowest BCUT2D eigenvalue weighted by atomic mass is 10.0. The monoisotopic (exact) mass is 580 g/mol. The van der Waals surface area contributed by atoms with Crippen LogP contribution >= 0.6 is 0 Å². The van der Waals surface area contributed by atoms with Crippen LogP contribution in [0.4, 0.5) is 0 Å². The van der Waals surface area contributed by atoms with Crippen LogP contribution in [0.15, 0.2) is 48.5 Å². The smallest absolute Gasteiger partial charge is 0.0992 e. The SMILES string of the molecule is CCCCCCCCCCN(C)COCc1ccc(-c2ccc(COCN(C)CCCCCCCCCC)cc2)cc1. The summed E-state index contributed by atoms with van der Waals surface area (Å²) in [5.74, 6) is 0. The molecular weight excluding hydrogens is 516 g/mol. The molecule has 2 aromatic carbocycles. The normalized spacial score (nSPS) is 11.7. The number of hydrogen-bond acceptors (Lipinski definition) is 4. The van der Waals surface area contributed by atoms with Gasteiger partial charge in [-0.2, -0.15) is 0 Å². The van der Waals surface area contributed by atoms with Crippen molar-refractivity contribution in [1.82, 2.24) is 9.80 Å². The van der Waals surface area contributed by atoms with Crippen molar-refractivity contribution >= 4 is 0 Å². The maximum atomic E-state index is 5.98. The highest BCUT2D eigenvalue weighted by Crippen LogP contribution is 2.21. The van der Waals surface area contributed by atoms with Crippen molar-refractivity contribution in [3.05, 3.63) is 59.7 Å². The minimum absolute atomic E-state index is 0.659. The molecule has 4 nitrogen and oxygen atoms in total. The first-order valence-corrected chi connectivity index (χ1v) is 17.3. The van der Waals surface area contributed by atoms with Crippen LogP contribution < -0.4 is 0 Å². The van der Waals surface area contributed by atoms with Gasteiger partial charge in [0.2, 0.25) is 0 Å². The number of unbranched alkanes of at least 4 members (excludes halogenated alkanes) is 14. The minimum atomic E-state index is 0.659. The van der Waals surface area contributed by atoms with Crippen molar-refractivity contribution in [3.63, 3.8) is 0 Å². The van der Waals surface area contributed by atoms with Crippen molar-refractivity contribution in [2.45, 2.75) is 130 Å². The van der Waals surface area contributed by atoms with E-state index in [0.29, 0.717) is 26.7 Å². The largest absolute Gasteiger partial charge is 0.361 e. The van der Waals surface area contributed by atoms with Gasteiger partial charge in [-0.05, 0) is 62.3 Å². The van der Waals surface area contributed by atoms with Gasteiger partial charge in [0, 0.05) is 0 Å². The number of hydrogen-bond donors (Lipinski definition) is 0. The Balaban J connectivity index is 1.55. The van der Waals surface area contributed by atoms with Gasteiger partial charge in [-0.15, -0.1) is 0 Å². The molecule has 0 saturated heterocycles. The van der Waals surface area contributed by atoms with E-state index in [4.69, 9.17) is 9.47 Å². The summed E-state index contributed by atoms with van der Waals surface area (Å²) in [5.41, 5.74) is 4.92. The van der Waals surface area contributed by atoms with E-state index in [1.54, 1.807) is 0 Å². The van der Waals surface area contributed by atoms with Crippen molar-refractivity contribution in [2.75, 3.05) is 40.6 Å². The summed E-state index contributed by atoms with van der Waals surface area (Å²) in [7, 11) is 4.32. The zero-order valence-electron chi connectivity index (χ0n) is 27.9. The zero-order valence-corrected chi connectivity index (χ0v) is 27.9. The molecule has 0 N–H and O–H groups in total. The van der Waals surface area contributed by atoms with Gasteiger partial charge < -0.3 is 9.47 Å². The first-order valence-electron chi connectivity index (χ1n) is 17.3. The Morgan fingerprint density at radius 3 is 1.07 bits per heavy atom. The Kier molecular flexibility index (Phi) is 21.4. The van der Waals surface area contributed by atoms with Gasteiger partial charge in [0.15, 0.2) is 0 Å². The molecule has 4 heteroatoms. The first kappa shape index (κ1) is 36.5. The second-order valence-electron chi connectivity index (χ2n) is 12.5. The summed E-state index contributed by atoms with van der Waals surface area (Å²) in [6, 6.07) is 17.6. The highest BCUT2D eigenvalue weighted by Gasteiger charge is 2.03. The molecule has 42 heavy (non-hydrogen) atoms. The predicted octanol–water partition coefficient (Wildman–Crippen LogP) is 10.4. The molecular formula is C38H64N2O2. The summed E-state index contributed by atoms with van der Waals surface area (Å²) in [6.45, 7) is 9.49. The third-order valence-corrected chi connectivity index (χ3v) is 8.19. The van der Waals surface area contributed by atoms with Crippen LogP contribution in [0.5, 0.6) is 0 Å². The van der Waals surface area contributed by atoms with Gasteiger partial charge in [-0.1, -0.05) is 152 Å². The second kappa shape index (κ2) is 24.7.